The summed E-state index contributed by atoms with van der Waals surface area (Å²) in [4.78, 5) is 27.3. The average Bonchev–Trinajstić information content (AvgIpc) is 2.71. The normalized spacial score (nSPS) is 9.83. The summed E-state index contributed by atoms with van der Waals surface area (Å²) in [5, 5.41) is 15.2. The number of aromatic nitrogens is 3. The zero-order valence-electron chi connectivity index (χ0n) is 10.0. The quantitative estimate of drug-likeness (QED) is 0.672. The maximum absolute atomic E-state index is 11.7. The highest BCUT2D eigenvalue weighted by Crippen LogP contribution is 1.93. The fourth-order valence-electron chi connectivity index (χ4n) is 1.27. The second-order valence-electron chi connectivity index (χ2n) is 3.56. The van der Waals surface area contributed by atoms with Gasteiger partial charge in [0.2, 0.25) is 0 Å². The summed E-state index contributed by atoms with van der Waals surface area (Å²) in [5.74, 6) is -0.623. The van der Waals surface area contributed by atoms with E-state index in [1.165, 1.54) is 17.1 Å². The highest BCUT2D eigenvalue weighted by Gasteiger charge is 2.15. The van der Waals surface area contributed by atoms with E-state index in [0.29, 0.717) is 5.82 Å². The lowest BCUT2D eigenvalue weighted by Gasteiger charge is -2.18. The number of carboxylic acids is 1. The van der Waals surface area contributed by atoms with Gasteiger partial charge in [-0.1, -0.05) is 6.08 Å². The van der Waals surface area contributed by atoms with Crippen LogP contribution in [0.5, 0.6) is 0 Å². The molecule has 0 spiro atoms. The molecule has 98 valence electrons. The SMILES string of the molecule is C=CCN(CC(=O)O)C(=O)NCc1ncn(C)n1. The fraction of sp³-hybridized carbons (Fsp3) is 0.400. The summed E-state index contributed by atoms with van der Waals surface area (Å²) in [6.07, 6.45) is 2.97. The predicted molar refractivity (Wildman–Crippen MR) is 62.6 cm³/mol. The van der Waals surface area contributed by atoms with Crippen molar-refractivity contribution in [3.8, 4) is 0 Å². The monoisotopic (exact) mass is 253 g/mol. The van der Waals surface area contributed by atoms with Crippen LogP contribution >= 0.6 is 0 Å². The van der Waals surface area contributed by atoms with Crippen LogP contribution in [0.1, 0.15) is 5.82 Å². The lowest BCUT2D eigenvalue weighted by molar-refractivity contribution is -0.137. The van der Waals surface area contributed by atoms with E-state index in [4.69, 9.17) is 5.11 Å². The van der Waals surface area contributed by atoms with E-state index in [1.807, 2.05) is 0 Å². The van der Waals surface area contributed by atoms with Gasteiger partial charge in [0.25, 0.3) is 0 Å². The van der Waals surface area contributed by atoms with Crippen LogP contribution in [0.2, 0.25) is 0 Å². The van der Waals surface area contributed by atoms with Crippen molar-refractivity contribution >= 4 is 12.0 Å². The number of aliphatic carboxylic acids is 1. The molecule has 1 heterocycles. The van der Waals surface area contributed by atoms with Crippen LogP contribution in [-0.4, -0.2) is 49.9 Å². The zero-order chi connectivity index (χ0) is 13.5. The van der Waals surface area contributed by atoms with Crippen molar-refractivity contribution in [1.29, 1.82) is 0 Å². The number of nitrogens with one attached hydrogen (secondary N) is 1. The molecule has 0 atom stereocenters. The summed E-state index contributed by atoms with van der Waals surface area (Å²) < 4.78 is 1.51. The Hall–Kier alpha value is -2.38. The Labute approximate surface area is 104 Å². The Morgan fingerprint density at radius 3 is 2.89 bits per heavy atom. The highest BCUT2D eigenvalue weighted by atomic mass is 16.4. The lowest BCUT2D eigenvalue weighted by atomic mass is 10.4. The number of urea groups is 1. The summed E-state index contributed by atoms with van der Waals surface area (Å²) in [6.45, 7) is 3.39. The first-order valence-corrected chi connectivity index (χ1v) is 5.23. The first kappa shape index (κ1) is 13.7. The van der Waals surface area contributed by atoms with Crippen LogP contribution in [-0.2, 0) is 18.4 Å². The summed E-state index contributed by atoms with van der Waals surface area (Å²) in [5.41, 5.74) is 0. The molecule has 0 radical (unpaired) electrons. The van der Waals surface area contributed by atoms with E-state index in [2.05, 4.69) is 22.0 Å². The highest BCUT2D eigenvalue weighted by molar-refractivity contribution is 5.80. The third-order valence-electron chi connectivity index (χ3n) is 2.01. The average molecular weight is 253 g/mol. The van der Waals surface area contributed by atoms with Crippen molar-refractivity contribution in [2.24, 2.45) is 7.05 Å². The van der Waals surface area contributed by atoms with Gasteiger partial charge in [-0.2, -0.15) is 5.10 Å². The molecule has 0 aliphatic rings. The standard InChI is InChI=1S/C10H15N5O3/c1-3-4-15(6-9(16)17)10(18)11-5-8-12-7-14(2)13-8/h3,7H,1,4-6H2,2H3,(H,11,18)(H,16,17). The molecule has 18 heavy (non-hydrogen) atoms. The molecule has 0 unspecified atom stereocenters. The van der Waals surface area contributed by atoms with Crippen molar-refractivity contribution in [2.45, 2.75) is 6.54 Å². The summed E-state index contributed by atoms with van der Waals surface area (Å²) in [7, 11) is 1.72. The number of carbonyl (C=O) groups excluding carboxylic acids is 1. The van der Waals surface area contributed by atoms with Gasteiger partial charge in [0.15, 0.2) is 5.82 Å². The maximum atomic E-state index is 11.7. The molecule has 1 aromatic rings. The molecule has 0 aliphatic heterocycles. The van der Waals surface area contributed by atoms with Gasteiger partial charge in [0.1, 0.15) is 12.9 Å². The number of aryl methyl sites for hydroxylation is 1. The van der Waals surface area contributed by atoms with Gasteiger partial charge in [-0.15, -0.1) is 6.58 Å². The fourth-order valence-corrected chi connectivity index (χ4v) is 1.27. The number of nitrogens with zero attached hydrogens (tertiary/aromatic N) is 4. The minimum absolute atomic E-state index is 0.146. The molecular weight excluding hydrogens is 238 g/mol. The molecule has 2 N–H and O–H groups in total. The van der Waals surface area contributed by atoms with E-state index in [9.17, 15) is 9.59 Å². The van der Waals surface area contributed by atoms with Crippen molar-refractivity contribution in [3.05, 3.63) is 24.8 Å². The molecular formula is C10H15N5O3. The molecule has 8 nitrogen and oxygen atoms in total. The number of hydrogen-bond donors (Lipinski definition) is 2. The summed E-state index contributed by atoms with van der Waals surface area (Å²) in [6, 6.07) is -0.496. The maximum Gasteiger partial charge on any atom is 0.323 e. The van der Waals surface area contributed by atoms with Gasteiger partial charge < -0.3 is 15.3 Å². The first-order chi connectivity index (χ1) is 8.52. The van der Waals surface area contributed by atoms with Crippen LogP contribution in [0, 0.1) is 0 Å². The number of rotatable bonds is 6. The lowest BCUT2D eigenvalue weighted by Crippen LogP contribution is -2.42. The molecule has 1 rings (SSSR count). The predicted octanol–water partition coefficient (Wildman–Crippen LogP) is -0.403. The van der Waals surface area contributed by atoms with E-state index < -0.39 is 12.0 Å². The Morgan fingerprint density at radius 1 is 1.67 bits per heavy atom. The smallest absolute Gasteiger partial charge is 0.323 e. The first-order valence-electron chi connectivity index (χ1n) is 5.23. The Balaban J connectivity index is 2.50. The number of carboxylic acid groups (broad SMARTS) is 1. The van der Waals surface area contributed by atoms with Gasteiger partial charge in [-0.3, -0.25) is 9.48 Å². The van der Waals surface area contributed by atoms with E-state index in [1.54, 1.807) is 7.05 Å². The van der Waals surface area contributed by atoms with E-state index in [-0.39, 0.29) is 19.6 Å². The molecule has 0 saturated carbocycles. The van der Waals surface area contributed by atoms with Crippen molar-refractivity contribution in [3.63, 3.8) is 0 Å². The van der Waals surface area contributed by atoms with Gasteiger partial charge in [0, 0.05) is 13.6 Å². The van der Waals surface area contributed by atoms with Crippen molar-refractivity contribution < 1.29 is 14.7 Å². The molecule has 1 aromatic heterocycles. The Bertz CT molecular complexity index is 442. The van der Waals surface area contributed by atoms with Gasteiger partial charge in [-0.05, 0) is 0 Å². The van der Waals surface area contributed by atoms with Crippen LogP contribution in [0.25, 0.3) is 0 Å². The topological polar surface area (TPSA) is 100 Å². The summed E-state index contributed by atoms with van der Waals surface area (Å²) >= 11 is 0. The molecule has 8 heteroatoms. The van der Waals surface area contributed by atoms with Crippen molar-refractivity contribution in [1.82, 2.24) is 25.0 Å². The minimum Gasteiger partial charge on any atom is -0.480 e. The zero-order valence-corrected chi connectivity index (χ0v) is 10.0. The van der Waals surface area contributed by atoms with Crippen LogP contribution in [0.4, 0.5) is 4.79 Å². The largest absolute Gasteiger partial charge is 0.480 e. The Kier molecular flexibility index (Phi) is 4.85. The molecule has 0 aromatic carbocycles. The third kappa shape index (κ3) is 4.24. The van der Waals surface area contributed by atoms with Gasteiger partial charge >= 0.3 is 12.0 Å². The van der Waals surface area contributed by atoms with Crippen LogP contribution in [0.15, 0.2) is 19.0 Å². The molecule has 0 fully saturated rings. The number of amides is 2. The second kappa shape index (κ2) is 6.38. The minimum atomic E-state index is -1.08. The third-order valence-corrected chi connectivity index (χ3v) is 2.01. The van der Waals surface area contributed by atoms with Crippen LogP contribution in [0.3, 0.4) is 0 Å². The van der Waals surface area contributed by atoms with E-state index >= 15 is 0 Å². The molecule has 0 bridgehead atoms. The van der Waals surface area contributed by atoms with Crippen molar-refractivity contribution in [2.75, 3.05) is 13.1 Å². The molecule has 0 aliphatic carbocycles. The molecule has 0 saturated heterocycles. The van der Waals surface area contributed by atoms with Crippen LogP contribution < -0.4 is 5.32 Å². The Morgan fingerprint density at radius 2 is 2.39 bits per heavy atom. The molecule has 2 amide bonds. The second-order valence-corrected chi connectivity index (χ2v) is 3.56. The number of carbonyl (C=O) groups is 2. The van der Waals surface area contributed by atoms with Gasteiger partial charge in [0.05, 0.1) is 6.54 Å². The van der Waals surface area contributed by atoms with Gasteiger partial charge in [-0.25, -0.2) is 9.78 Å². The van der Waals surface area contributed by atoms with E-state index in [0.717, 1.165) is 4.90 Å². The number of hydrogen-bond acceptors (Lipinski definition) is 4.